The number of aryl methyl sites for hydroxylation is 1. The van der Waals surface area contributed by atoms with Crippen LogP contribution in [0.15, 0.2) is 29.3 Å². The molecule has 3 heterocycles. The van der Waals surface area contributed by atoms with Crippen LogP contribution in [0.2, 0.25) is 0 Å². The molecule has 0 bridgehead atoms. The molecule has 0 spiro atoms. The highest BCUT2D eigenvalue weighted by Gasteiger charge is 2.39. The molecule has 0 aromatic heterocycles. The molecule has 3 aliphatic heterocycles. The Hall–Kier alpha value is -1.79. The first kappa shape index (κ1) is 21.4. The van der Waals surface area contributed by atoms with E-state index in [9.17, 15) is 0 Å². The summed E-state index contributed by atoms with van der Waals surface area (Å²) in [7, 11) is 0. The molecule has 166 valence electrons. The average molecular weight is 414 g/mol. The Bertz CT molecular complexity index is 692. The zero-order valence-electron chi connectivity index (χ0n) is 18.8. The Morgan fingerprint density at radius 3 is 2.57 bits per heavy atom. The first-order valence-electron chi connectivity index (χ1n) is 11.9. The van der Waals surface area contributed by atoms with Gasteiger partial charge in [-0.2, -0.15) is 0 Å². The number of benzene rings is 1. The molecule has 0 radical (unpaired) electrons. The second kappa shape index (κ2) is 10.0. The average Bonchev–Trinajstić information content (AvgIpc) is 3.46. The van der Waals surface area contributed by atoms with Crippen LogP contribution < -0.4 is 15.5 Å². The van der Waals surface area contributed by atoms with Crippen molar-refractivity contribution >= 4 is 11.6 Å². The number of guanidine groups is 1. The highest BCUT2D eigenvalue weighted by atomic mass is 16.5. The van der Waals surface area contributed by atoms with Gasteiger partial charge in [-0.15, -0.1) is 0 Å². The summed E-state index contributed by atoms with van der Waals surface area (Å²) in [6, 6.07) is 9.31. The SMILES string of the molecule is CCNC(=NCC1(N2CCCC2)CCOCC1)NC1CCN(c2ccc(C)cc2)C1. The van der Waals surface area contributed by atoms with Crippen molar-refractivity contribution in [2.24, 2.45) is 4.99 Å². The number of nitrogens with one attached hydrogen (secondary N) is 2. The molecule has 3 aliphatic rings. The molecule has 6 nitrogen and oxygen atoms in total. The Kier molecular flexibility index (Phi) is 7.16. The monoisotopic (exact) mass is 413 g/mol. The number of nitrogens with zero attached hydrogens (tertiary/aromatic N) is 3. The van der Waals surface area contributed by atoms with E-state index in [1.54, 1.807) is 0 Å². The van der Waals surface area contributed by atoms with E-state index >= 15 is 0 Å². The maximum absolute atomic E-state index is 5.70. The molecule has 30 heavy (non-hydrogen) atoms. The third-order valence-corrected chi connectivity index (χ3v) is 7.00. The van der Waals surface area contributed by atoms with Gasteiger partial charge in [0, 0.05) is 50.1 Å². The zero-order valence-corrected chi connectivity index (χ0v) is 18.8. The van der Waals surface area contributed by atoms with Gasteiger partial charge in [-0.1, -0.05) is 17.7 Å². The summed E-state index contributed by atoms with van der Waals surface area (Å²) in [4.78, 5) is 10.3. The van der Waals surface area contributed by atoms with Crippen LogP contribution in [-0.4, -0.2) is 74.9 Å². The van der Waals surface area contributed by atoms with E-state index in [4.69, 9.17) is 9.73 Å². The number of ether oxygens (including phenoxy) is 1. The fraction of sp³-hybridized carbons (Fsp3) is 0.708. The van der Waals surface area contributed by atoms with Gasteiger partial charge in [0.05, 0.1) is 6.54 Å². The number of likely N-dealkylation sites (tertiary alicyclic amines) is 1. The Morgan fingerprint density at radius 1 is 1.13 bits per heavy atom. The molecule has 1 aromatic carbocycles. The summed E-state index contributed by atoms with van der Waals surface area (Å²) >= 11 is 0. The standard InChI is InChI=1S/C24H39N5O/c1-3-25-23(26-19-24(11-16-30-17-12-24)29-13-4-5-14-29)27-21-10-15-28(18-21)22-8-6-20(2)7-9-22/h6-9,21H,3-5,10-19H2,1-2H3,(H2,25,26,27). The number of hydrogen-bond donors (Lipinski definition) is 2. The molecule has 2 N–H and O–H groups in total. The van der Waals surface area contributed by atoms with E-state index in [0.29, 0.717) is 6.04 Å². The van der Waals surface area contributed by atoms with Gasteiger partial charge in [0.15, 0.2) is 5.96 Å². The van der Waals surface area contributed by atoms with Gasteiger partial charge in [-0.05, 0) is 71.2 Å². The minimum atomic E-state index is 0.181. The lowest BCUT2D eigenvalue weighted by Gasteiger charge is -2.43. The van der Waals surface area contributed by atoms with Gasteiger partial charge in [0.25, 0.3) is 0 Å². The summed E-state index contributed by atoms with van der Waals surface area (Å²) in [5.41, 5.74) is 2.82. The normalized spacial score (nSPS) is 24.9. The summed E-state index contributed by atoms with van der Waals surface area (Å²) < 4.78 is 5.70. The third-order valence-electron chi connectivity index (χ3n) is 7.00. The fourth-order valence-corrected chi connectivity index (χ4v) is 5.12. The fourth-order valence-electron chi connectivity index (χ4n) is 5.12. The van der Waals surface area contributed by atoms with Gasteiger partial charge in [0.2, 0.25) is 0 Å². The molecule has 3 fully saturated rings. The molecule has 1 unspecified atom stereocenters. The van der Waals surface area contributed by atoms with Crippen LogP contribution >= 0.6 is 0 Å². The van der Waals surface area contributed by atoms with E-state index < -0.39 is 0 Å². The van der Waals surface area contributed by atoms with Crippen LogP contribution in [0.3, 0.4) is 0 Å². The molecule has 4 rings (SSSR count). The predicted molar refractivity (Wildman–Crippen MR) is 125 cm³/mol. The summed E-state index contributed by atoms with van der Waals surface area (Å²) in [6.07, 6.45) is 5.98. The van der Waals surface area contributed by atoms with Crippen LogP contribution in [0.5, 0.6) is 0 Å². The zero-order chi connectivity index (χ0) is 20.8. The minimum absolute atomic E-state index is 0.181. The highest BCUT2D eigenvalue weighted by Crippen LogP contribution is 2.31. The van der Waals surface area contributed by atoms with E-state index in [2.05, 4.69) is 58.5 Å². The van der Waals surface area contributed by atoms with Crippen molar-refractivity contribution in [3.63, 3.8) is 0 Å². The highest BCUT2D eigenvalue weighted by molar-refractivity contribution is 5.80. The number of aliphatic imine (C=N–C) groups is 1. The van der Waals surface area contributed by atoms with Crippen LogP contribution in [-0.2, 0) is 4.74 Å². The van der Waals surface area contributed by atoms with Crippen molar-refractivity contribution in [2.45, 2.75) is 57.5 Å². The molecule has 0 aliphatic carbocycles. The smallest absolute Gasteiger partial charge is 0.191 e. The van der Waals surface area contributed by atoms with E-state index in [1.807, 2.05) is 0 Å². The minimum Gasteiger partial charge on any atom is -0.381 e. The van der Waals surface area contributed by atoms with Gasteiger partial charge in [-0.25, -0.2) is 0 Å². The first-order chi connectivity index (χ1) is 14.7. The first-order valence-corrected chi connectivity index (χ1v) is 11.9. The summed E-state index contributed by atoms with van der Waals surface area (Å²) in [5.74, 6) is 0.971. The van der Waals surface area contributed by atoms with Crippen LogP contribution in [0.1, 0.15) is 44.6 Å². The van der Waals surface area contributed by atoms with Crippen molar-refractivity contribution in [1.29, 1.82) is 0 Å². The van der Waals surface area contributed by atoms with Crippen molar-refractivity contribution in [1.82, 2.24) is 15.5 Å². The third kappa shape index (κ3) is 5.09. The number of anilines is 1. The number of hydrogen-bond acceptors (Lipinski definition) is 4. The van der Waals surface area contributed by atoms with Crippen LogP contribution in [0.4, 0.5) is 5.69 Å². The lowest BCUT2D eigenvalue weighted by molar-refractivity contribution is -0.0139. The molecule has 0 saturated carbocycles. The predicted octanol–water partition coefficient (Wildman–Crippen LogP) is 2.77. The van der Waals surface area contributed by atoms with Crippen molar-refractivity contribution in [2.75, 3.05) is 57.4 Å². The summed E-state index contributed by atoms with van der Waals surface area (Å²) in [5, 5.41) is 7.21. The Morgan fingerprint density at radius 2 is 1.87 bits per heavy atom. The Labute approximate surface area is 182 Å². The maximum atomic E-state index is 5.70. The summed E-state index contributed by atoms with van der Waals surface area (Å²) in [6.45, 7) is 12.3. The second-order valence-electron chi connectivity index (χ2n) is 9.14. The van der Waals surface area contributed by atoms with Gasteiger partial charge in [0.1, 0.15) is 0 Å². The second-order valence-corrected chi connectivity index (χ2v) is 9.14. The molecular weight excluding hydrogens is 374 g/mol. The molecule has 1 atom stereocenters. The van der Waals surface area contributed by atoms with E-state index in [-0.39, 0.29) is 5.54 Å². The van der Waals surface area contributed by atoms with Crippen molar-refractivity contribution in [3.05, 3.63) is 29.8 Å². The largest absolute Gasteiger partial charge is 0.381 e. The molecule has 3 saturated heterocycles. The van der Waals surface area contributed by atoms with E-state index in [1.165, 1.54) is 37.2 Å². The maximum Gasteiger partial charge on any atom is 0.191 e. The number of rotatable bonds is 6. The topological polar surface area (TPSA) is 52.1 Å². The van der Waals surface area contributed by atoms with Crippen LogP contribution in [0.25, 0.3) is 0 Å². The van der Waals surface area contributed by atoms with E-state index in [0.717, 1.165) is 64.6 Å². The quantitative estimate of drug-likeness (QED) is 0.555. The molecule has 0 amide bonds. The van der Waals surface area contributed by atoms with Crippen molar-refractivity contribution < 1.29 is 4.74 Å². The molecular formula is C24H39N5O. The Balaban J connectivity index is 1.39. The van der Waals surface area contributed by atoms with Gasteiger partial charge < -0.3 is 20.3 Å². The van der Waals surface area contributed by atoms with Gasteiger partial charge in [-0.3, -0.25) is 9.89 Å². The van der Waals surface area contributed by atoms with Crippen LogP contribution in [0, 0.1) is 6.92 Å². The van der Waals surface area contributed by atoms with Gasteiger partial charge >= 0.3 is 0 Å². The molecule has 1 aromatic rings. The van der Waals surface area contributed by atoms with Crippen molar-refractivity contribution in [3.8, 4) is 0 Å². The lowest BCUT2D eigenvalue weighted by atomic mass is 9.88. The molecule has 6 heteroatoms. The lowest BCUT2D eigenvalue weighted by Crippen LogP contribution is -2.54.